The Hall–Kier alpha value is -1.30. The molecule has 3 N–H and O–H groups in total. The van der Waals surface area contributed by atoms with Crippen LogP contribution in [0.1, 0.15) is 44.7 Å². The van der Waals surface area contributed by atoms with Crippen molar-refractivity contribution in [1.82, 2.24) is 5.32 Å². The van der Waals surface area contributed by atoms with Crippen molar-refractivity contribution < 1.29 is 14.3 Å². The van der Waals surface area contributed by atoms with Crippen molar-refractivity contribution in [1.29, 1.82) is 0 Å². The third-order valence-corrected chi connectivity index (χ3v) is 4.49. The Labute approximate surface area is 148 Å². The van der Waals surface area contributed by atoms with Gasteiger partial charge in [0.1, 0.15) is 11.9 Å². The Kier molecular flexibility index (Phi) is 6.90. The van der Waals surface area contributed by atoms with E-state index in [2.05, 4.69) is 19.2 Å². The van der Waals surface area contributed by atoms with E-state index >= 15 is 0 Å². The molecule has 1 saturated heterocycles. The van der Waals surface area contributed by atoms with Gasteiger partial charge in [0.05, 0.1) is 19.3 Å². The molecule has 1 unspecified atom stereocenters. The minimum atomic E-state index is -0.432. The maximum atomic E-state index is 12.6. The summed E-state index contributed by atoms with van der Waals surface area (Å²) < 4.78 is 11.1. The van der Waals surface area contributed by atoms with E-state index in [1.54, 1.807) is 13.2 Å². The molecule has 1 aromatic carbocycles. The molecule has 6 heteroatoms. The summed E-state index contributed by atoms with van der Waals surface area (Å²) in [5, 5.41) is 3.73. The smallest absolute Gasteiger partial charge is 0.249 e. The van der Waals surface area contributed by atoms with Gasteiger partial charge in [-0.2, -0.15) is 0 Å². The van der Waals surface area contributed by atoms with Crippen LogP contribution >= 0.6 is 11.6 Å². The van der Waals surface area contributed by atoms with Crippen LogP contribution in [0.25, 0.3) is 0 Å². The lowest BCUT2D eigenvalue weighted by molar-refractivity contribution is -0.132. The van der Waals surface area contributed by atoms with E-state index < -0.39 is 6.10 Å². The van der Waals surface area contributed by atoms with Crippen LogP contribution in [0.4, 0.5) is 0 Å². The van der Waals surface area contributed by atoms with Gasteiger partial charge in [0.25, 0.3) is 0 Å². The van der Waals surface area contributed by atoms with Crippen molar-refractivity contribution in [3.63, 3.8) is 0 Å². The second kappa shape index (κ2) is 8.70. The average Bonchev–Trinajstić information content (AvgIpc) is 3.03. The Morgan fingerprint density at radius 3 is 2.79 bits per heavy atom. The van der Waals surface area contributed by atoms with E-state index in [0.717, 1.165) is 24.2 Å². The summed E-state index contributed by atoms with van der Waals surface area (Å²) in [6, 6.07) is 5.29. The van der Waals surface area contributed by atoms with Gasteiger partial charge in [0, 0.05) is 17.1 Å². The SMILES string of the molecule is COc1ccc(Cl)cc1C(CC(C)C)NC(=O)[C@@H]1CC[C@H](CN)O1. The summed E-state index contributed by atoms with van der Waals surface area (Å²) in [6.45, 7) is 4.68. The fourth-order valence-corrected chi connectivity index (χ4v) is 3.23. The number of carbonyl (C=O) groups is 1. The molecule has 0 bridgehead atoms. The van der Waals surface area contributed by atoms with Crippen molar-refractivity contribution in [3.05, 3.63) is 28.8 Å². The summed E-state index contributed by atoms with van der Waals surface area (Å²) in [6.07, 6.45) is 1.86. The van der Waals surface area contributed by atoms with Gasteiger partial charge in [-0.25, -0.2) is 0 Å². The lowest BCUT2D eigenvalue weighted by Crippen LogP contribution is -2.38. The number of nitrogens with two attached hydrogens (primary N) is 1. The van der Waals surface area contributed by atoms with Crippen molar-refractivity contribution in [2.75, 3.05) is 13.7 Å². The predicted octanol–water partition coefficient (Wildman–Crippen LogP) is 3.06. The van der Waals surface area contributed by atoms with Gasteiger partial charge >= 0.3 is 0 Å². The topological polar surface area (TPSA) is 73.6 Å². The number of hydrogen-bond donors (Lipinski definition) is 2. The Bertz CT molecular complexity index is 565. The summed E-state index contributed by atoms with van der Waals surface area (Å²) in [5.74, 6) is 1.02. The van der Waals surface area contributed by atoms with Gasteiger partial charge in [-0.1, -0.05) is 25.4 Å². The summed E-state index contributed by atoms with van der Waals surface area (Å²) in [5.41, 5.74) is 6.51. The van der Waals surface area contributed by atoms with E-state index in [4.69, 9.17) is 26.8 Å². The van der Waals surface area contributed by atoms with Crippen LogP contribution in [-0.2, 0) is 9.53 Å². The first-order valence-corrected chi connectivity index (χ1v) is 8.81. The Morgan fingerprint density at radius 2 is 2.21 bits per heavy atom. The molecule has 1 amide bonds. The standard InChI is InChI=1S/C18H27ClN2O3/c1-11(2)8-15(14-9-12(19)4-6-16(14)23-3)21-18(22)17-7-5-13(10-20)24-17/h4,6,9,11,13,15,17H,5,7-8,10,20H2,1-3H3,(H,21,22)/t13-,15?,17+/m1/s1. The van der Waals surface area contributed by atoms with Crippen LogP contribution in [0.5, 0.6) is 5.75 Å². The first-order valence-electron chi connectivity index (χ1n) is 8.44. The predicted molar refractivity (Wildman–Crippen MR) is 95.3 cm³/mol. The minimum absolute atomic E-state index is 0.0231. The summed E-state index contributed by atoms with van der Waals surface area (Å²) in [4.78, 5) is 12.6. The van der Waals surface area contributed by atoms with Crippen LogP contribution < -0.4 is 15.8 Å². The molecule has 0 saturated carbocycles. The number of hydrogen-bond acceptors (Lipinski definition) is 4. The number of rotatable bonds is 7. The van der Waals surface area contributed by atoms with E-state index in [0.29, 0.717) is 23.9 Å². The number of carbonyl (C=O) groups excluding carboxylic acids is 1. The summed E-state index contributed by atoms with van der Waals surface area (Å²) >= 11 is 6.15. The maximum absolute atomic E-state index is 12.6. The zero-order valence-electron chi connectivity index (χ0n) is 14.5. The number of amides is 1. The molecule has 24 heavy (non-hydrogen) atoms. The molecule has 0 spiro atoms. The molecule has 0 aromatic heterocycles. The molecule has 5 nitrogen and oxygen atoms in total. The monoisotopic (exact) mass is 354 g/mol. The quantitative estimate of drug-likeness (QED) is 0.789. The van der Waals surface area contributed by atoms with E-state index in [-0.39, 0.29) is 18.1 Å². The van der Waals surface area contributed by atoms with Crippen LogP contribution in [0, 0.1) is 5.92 Å². The molecular formula is C18H27ClN2O3. The highest BCUT2D eigenvalue weighted by atomic mass is 35.5. The zero-order valence-corrected chi connectivity index (χ0v) is 15.3. The minimum Gasteiger partial charge on any atom is -0.496 e. The number of nitrogens with one attached hydrogen (secondary N) is 1. The highest BCUT2D eigenvalue weighted by Crippen LogP contribution is 2.32. The molecule has 1 fully saturated rings. The van der Waals surface area contributed by atoms with Crippen molar-refractivity contribution in [2.45, 2.75) is 51.4 Å². The van der Waals surface area contributed by atoms with Crippen LogP contribution in [0.3, 0.4) is 0 Å². The number of halogens is 1. The molecule has 0 radical (unpaired) electrons. The highest BCUT2D eigenvalue weighted by Gasteiger charge is 2.31. The Morgan fingerprint density at radius 1 is 1.46 bits per heavy atom. The van der Waals surface area contributed by atoms with Gasteiger partial charge in [0.2, 0.25) is 5.91 Å². The molecule has 1 aliphatic heterocycles. The van der Waals surface area contributed by atoms with Gasteiger partial charge in [-0.05, 0) is 43.4 Å². The van der Waals surface area contributed by atoms with E-state index in [1.165, 1.54) is 0 Å². The Balaban J connectivity index is 2.17. The van der Waals surface area contributed by atoms with Gasteiger partial charge in [0.15, 0.2) is 0 Å². The van der Waals surface area contributed by atoms with Gasteiger partial charge < -0.3 is 20.5 Å². The maximum Gasteiger partial charge on any atom is 0.249 e. The third-order valence-electron chi connectivity index (χ3n) is 4.25. The van der Waals surface area contributed by atoms with Crippen molar-refractivity contribution in [2.24, 2.45) is 11.7 Å². The van der Waals surface area contributed by atoms with Crippen LogP contribution in [0.2, 0.25) is 5.02 Å². The third kappa shape index (κ3) is 4.85. The molecule has 0 aliphatic carbocycles. The number of methoxy groups -OCH3 is 1. The fourth-order valence-electron chi connectivity index (χ4n) is 3.05. The zero-order chi connectivity index (χ0) is 17.7. The highest BCUT2D eigenvalue weighted by molar-refractivity contribution is 6.30. The first-order chi connectivity index (χ1) is 11.4. The van der Waals surface area contributed by atoms with Crippen molar-refractivity contribution in [3.8, 4) is 5.75 Å². The normalized spacial score (nSPS) is 21.8. The van der Waals surface area contributed by atoms with Gasteiger partial charge in [-0.15, -0.1) is 0 Å². The molecule has 2 rings (SSSR count). The van der Waals surface area contributed by atoms with Crippen LogP contribution in [0.15, 0.2) is 18.2 Å². The van der Waals surface area contributed by atoms with Crippen molar-refractivity contribution >= 4 is 17.5 Å². The van der Waals surface area contributed by atoms with Gasteiger partial charge in [-0.3, -0.25) is 4.79 Å². The molecule has 134 valence electrons. The summed E-state index contributed by atoms with van der Waals surface area (Å²) in [7, 11) is 1.62. The van der Waals surface area contributed by atoms with E-state index in [9.17, 15) is 4.79 Å². The second-order valence-electron chi connectivity index (χ2n) is 6.64. The average molecular weight is 355 g/mol. The molecule has 1 heterocycles. The second-order valence-corrected chi connectivity index (χ2v) is 7.07. The fraction of sp³-hybridized carbons (Fsp3) is 0.611. The number of ether oxygens (including phenoxy) is 2. The molecule has 1 aliphatic rings. The first kappa shape index (κ1) is 19.0. The number of benzene rings is 1. The van der Waals surface area contributed by atoms with E-state index in [1.807, 2.05) is 12.1 Å². The lowest BCUT2D eigenvalue weighted by Gasteiger charge is -2.25. The van der Waals surface area contributed by atoms with Crippen LogP contribution in [-0.4, -0.2) is 31.8 Å². The molecular weight excluding hydrogens is 328 g/mol. The molecule has 3 atom stereocenters. The lowest BCUT2D eigenvalue weighted by atomic mass is 9.95. The molecule has 1 aromatic rings. The largest absolute Gasteiger partial charge is 0.496 e.